The third-order valence-electron chi connectivity index (χ3n) is 7.64. The number of methoxy groups -OCH3 is 1. The molecule has 0 bridgehead atoms. The largest absolute Gasteiger partial charge is 0.496 e. The van der Waals surface area contributed by atoms with Crippen molar-refractivity contribution >= 4 is 29.2 Å². The molecule has 1 saturated heterocycles. The van der Waals surface area contributed by atoms with E-state index in [0.29, 0.717) is 71.5 Å². The van der Waals surface area contributed by atoms with Gasteiger partial charge in [0.2, 0.25) is 0 Å². The molecule has 11 heteroatoms. The van der Waals surface area contributed by atoms with Gasteiger partial charge in [-0.2, -0.15) is 0 Å². The third kappa shape index (κ3) is 6.28. The Morgan fingerprint density at radius 3 is 2.47 bits per heavy atom. The van der Waals surface area contributed by atoms with E-state index >= 15 is 0 Å². The fourth-order valence-corrected chi connectivity index (χ4v) is 6.37. The van der Waals surface area contributed by atoms with Crippen molar-refractivity contribution in [2.75, 3.05) is 53.1 Å². The number of ether oxygens (including phenoxy) is 3. The molecule has 1 atom stereocenters. The van der Waals surface area contributed by atoms with E-state index in [1.165, 1.54) is 11.3 Å². The lowest BCUT2D eigenvalue weighted by Gasteiger charge is -2.29. The van der Waals surface area contributed by atoms with E-state index in [2.05, 4.69) is 0 Å². The number of amides is 2. The standard InChI is InChI=1S/C32H36N4O6S/c1-5-34(6-2)31(39)28-21(3)33-32-36(29(28)24-9-7-8-10-25(24)40-4)30(38)26(43-32)19-22-11-13-23(14-12-22)42-20-27(37)35-15-17-41-18-16-35/h7-14,19,29H,5-6,15-18,20H2,1-4H3/b26-19-/t29-/m1/s1. The van der Waals surface area contributed by atoms with E-state index in [0.717, 1.165) is 11.1 Å². The van der Waals surface area contributed by atoms with Crippen LogP contribution in [0, 0.1) is 0 Å². The number of thiazole rings is 1. The minimum Gasteiger partial charge on any atom is -0.496 e. The number of aromatic nitrogens is 1. The number of hydrogen-bond donors (Lipinski definition) is 0. The summed E-state index contributed by atoms with van der Waals surface area (Å²) in [5.41, 5.74) is 2.30. The fourth-order valence-electron chi connectivity index (χ4n) is 5.32. The Kier molecular flexibility index (Phi) is 9.42. The van der Waals surface area contributed by atoms with Crippen molar-refractivity contribution in [3.05, 3.63) is 90.6 Å². The Morgan fingerprint density at radius 1 is 1.09 bits per heavy atom. The van der Waals surface area contributed by atoms with Gasteiger partial charge in [-0.25, -0.2) is 4.99 Å². The van der Waals surface area contributed by atoms with Crippen molar-refractivity contribution in [3.8, 4) is 11.5 Å². The number of fused-ring (bicyclic) bond motifs is 1. The van der Waals surface area contributed by atoms with E-state index < -0.39 is 6.04 Å². The molecule has 43 heavy (non-hydrogen) atoms. The van der Waals surface area contributed by atoms with Crippen molar-refractivity contribution in [2.24, 2.45) is 4.99 Å². The monoisotopic (exact) mass is 604 g/mol. The van der Waals surface area contributed by atoms with Gasteiger partial charge < -0.3 is 24.0 Å². The van der Waals surface area contributed by atoms with Crippen LogP contribution in [0.3, 0.4) is 0 Å². The van der Waals surface area contributed by atoms with Gasteiger partial charge in [-0.3, -0.25) is 19.0 Å². The van der Waals surface area contributed by atoms with Gasteiger partial charge in [0, 0.05) is 31.7 Å². The van der Waals surface area contributed by atoms with E-state index in [1.807, 2.05) is 57.2 Å². The number of likely N-dealkylation sites (N-methyl/N-ethyl adjacent to an activating group) is 1. The van der Waals surface area contributed by atoms with Crippen molar-refractivity contribution in [2.45, 2.75) is 26.8 Å². The maximum Gasteiger partial charge on any atom is 0.271 e. The van der Waals surface area contributed by atoms with Crippen molar-refractivity contribution in [1.82, 2.24) is 14.4 Å². The van der Waals surface area contributed by atoms with Crippen LogP contribution in [-0.2, 0) is 14.3 Å². The summed E-state index contributed by atoms with van der Waals surface area (Å²) in [5.74, 6) is 0.919. The Hall–Kier alpha value is -4.22. The summed E-state index contributed by atoms with van der Waals surface area (Å²) in [4.78, 5) is 48.9. The Morgan fingerprint density at radius 2 is 1.79 bits per heavy atom. The first-order valence-corrected chi connectivity index (χ1v) is 15.2. The molecule has 2 aliphatic heterocycles. The number of rotatable bonds is 9. The number of morpholine rings is 1. The number of benzene rings is 2. The number of carbonyl (C=O) groups is 2. The minimum absolute atomic E-state index is 0.0468. The molecule has 0 radical (unpaired) electrons. The second kappa shape index (κ2) is 13.4. The number of carbonyl (C=O) groups excluding carboxylic acids is 2. The van der Waals surface area contributed by atoms with Crippen LogP contribution < -0.4 is 24.4 Å². The van der Waals surface area contributed by atoms with Crippen molar-refractivity contribution in [3.63, 3.8) is 0 Å². The highest BCUT2D eigenvalue weighted by molar-refractivity contribution is 7.07. The fraction of sp³-hybridized carbons (Fsp3) is 0.375. The first kappa shape index (κ1) is 30.2. The summed E-state index contributed by atoms with van der Waals surface area (Å²) in [6.07, 6.45) is 1.80. The lowest BCUT2D eigenvalue weighted by Crippen LogP contribution is -2.43. The minimum atomic E-state index is -0.692. The third-order valence-corrected chi connectivity index (χ3v) is 8.62. The van der Waals surface area contributed by atoms with Crippen LogP contribution in [0.4, 0.5) is 0 Å². The van der Waals surface area contributed by atoms with E-state index in [1.54, 1.807) is 39.7 Å². The highest BCUT2D eigenvalue weighted by Crippen LogP contribution is 2.36. The molecule has 226 valence electrons. The highest BCUT2D eigenvalue weighted by Gasteiger charge is 2.35. The Balaban J connectivity index is 1.48. The molecule has 2 aromatic carbocycles. The van der Waals surface area contributed by atoms with Gasteiger partial charge in [-0.05, 0) is 50.6 Å². The number of nitrogens with zero attached hydrogens (tertiary/aromatic N) is 4. The van der Waals surface area contributed by atoms with Crippen LogP contribution in [0.15, 0.2) is 69.6 Å². The van der Waals surface area contributed by atoms with E-state index in [-0.39, 0.29) is 24.0 Å². The first-order chi connectivity index (χ1) is 20.9. The molecule has 2 aliphatic rings. The van der Waals surface area contributed by atoms with Gasteiger partial charge in [0.25, 0.3) is 17.4 Å². The zero-order valence-corrected chi connectivity index (χ0v) is 25.7. The van der Waals surface area contributed by atoms with Crippen LogP contribution in [-0.4, -0.2) is 79.3 Å². The van der Waals surface area contributed by atoms with Crippen LogP contribution in [0.1, 0.15) is 37.9 Å². The Bertz CT molecular complexity index is 1700. The summed E-state index contributed by atoms with van der Waals surface area (Å²) < 4.78 is 18.8. The Labute approximate surface area is 254 Å². The van der Waals surface area contributed by atoms with Gasteiger partial charge in [0.1, 0.15) is 17.5 Å². The topological polar surface area (TPSA) is 103 Å². The molecular weight excluding hydrogens is 568 g/mol. The van der Waals surface area contributed by atoms with Gasteiger partial charge in [0.05, 0.1) is 36.1 Å². The second-order valence-electron chi connectivity index (χ2n) is 10.2. The molecule has 0 aliphatic carbocycles. The van der Waals surface area contributed by atoms with E-state index in [9.17, 15) is 14.4 Å². The predicted molar refractivity (Wildman–Crippen MR) is 164 cm³/mol. The molecule has 3 heterocycles. The molecule has 10 nitrogen and oxygen atoms in total. The van der Waals surface area contributed by atoms with Crippen LogP contribution in [0.2, 0.25) is 0 Å². The van der Waals surface area contributed by atoms with Crippen molar-refractivity contribution < 1.29 is 23.8 Å². The number of allylic oxidation sites excluding steroid dienone is 1. The average molecular weight is 605 g/mol. The normalized spacial score (nSPS) is 16.9. The summed E-state index contributed by atoms with van der Waals surface area (Å²) >= 11 is 1.28. The van der Waals surface area contributed by atoms with Crippen LogP contribution in [0.25, 0.3) is 6.08 Å². The van der Waals surface area contributed by atoms with Gasteiger partial charge in [0.15, 0.2) is 11.4 Å². The predicted octanol–water partition coefficient (Wildman–Crippen LogP) is 2.35. The second-order valence-corrected chi connectivity index (χ2v) is 11.2. The molecular formula is C32H36N4O6S. The molecule has 0 saturated carbocycles. The number of hydrogen-bond acceptors (Lipinski definition) is 8. The van der Waals surface area contributed by atoms with E-state index in [4.69, 9.17) is 19.2 Å². The molecule has 1 aromatic heterocycles. The van der Waals surface area contributed by atoms with Crippen molar-refractivity contribution in [1.29, 1.82) is 0 Å². The maximum atomic E-state index is 14.0. The molecule has 0 unspecified atom stereocenters. The first-order valence-electron chi connectivity index (χ1n) is 14.4. The van der Waals surface area contributed by atoms with Crippen LogP contribution >= 0.6 is 11.3 Å². The van der Waals surface area contributed by atoms with Gasteiger partial charge in [-0.15, -0.1) is 0 Å². The molecule has 0 N–H and O–H groups in total. The van der Waals surface area contributed by atoms with Gasteiger partial charge >= 0.3 is 0 Å². The average Bonchev–Trinajstić information content (AvgIpc) is 3.34. The zero-order valence-electron chi connectivity index (χ0n) is 24.9. The summed E-state index contributed by atoms with van der Waals surface area (Å²) in [6, 6.07) is 14.0. The zero-order chi connectivity index (χ0) is 30.5. The molecule has 5 rings (SSSR count). The summed E-state index contributed by atoms with van der Waals surface area (Å²) in [7, 11) is 1.58. The highest BCUT2D eigenvalue weighted by atomic mass is 32.1. The molecule has 2 amide bonds. The van der Waals surface area contributed by atoms with Gasteiger partial charge in [-0.1, -0.05) is 41.7 Å². The number of para-hydroxylation sites is 1. The lowest BCUT2D eigenvalue weighted by molar-refractivity contribution is -0.137. The molecule has 0 spiro atoms. The quantitative estimate of drug-likeness (QED) is 0.372. The summed E-state index contributed by atoms with van der Waals surface area (Å²) in [5, 5.41) is 0. The smallest absolute Gasteiger partial charge is 0.271 e. The SMILES string of the molecule is CCN(CC)C(=O)C1=C(C)N=c2s/c(=C\c3ccc(OCC(=O)N4CCOCC4)cc3)c(=O)n2[C@@H]1c1ccccc1OC. The lowest BCUT2D eigenvalue weighted by atomic mass is 9.94. The summed E-state index contributed by atoms with van der Waals surface area (Å²) in [6.45, 7) is 8.94. The molecule has 1 fully saturated rings. The molecule has 3 aromatic rings. The van der Waals surface area contributed by atoms with Crippen LogP contribution in [0.5, 0.6) is 11.5 Å². The maximum absolute atomic E-state index is 14.0.